The van der Waals surface area contributed by atoms with E-state index >= 15 is 0 Å². The molecule has 3 nitrogen and oxygen atoms in total. The van der Waals surface area contributed by atoms with E-state index in [1.54, 1.807) is 0 Å². The fourth-order valence-corrected chi connectivity index (χ4v) is 3.08. The van der Waals surface area contributed by atoms with Gasteiger partial charge in [0.25, 0.3) is 0 Å². The van der Waals surface area contributed by atoms with Crippen LogP contribution < -0.4 is 5.32 Å². The van der Waals surface area contributed by atoms with E-state index in [2.05, 4.69) is 33.4 Å². The van der Waals surface area contributed by atoms with Crippen LogP contribution in [-0.2, 0) is 15.1 Å². The van der Waals surface area contributed by atoms with E-state index in [9.17, 15) is 4.79 Å². The zero-order chi connectivity index (χ0) is 13.3. The van der Waals surface area contributed by atoms with Crippen LogP contribution in [-0.4, -0.2) is 19.1 Å². The summed E-state index contributed by atoms with van der Waals surface area (Å²) in [5.74, 6) is 0.176. The molecule has 19 heavy (non-hydrogen) atoms. The van der Waals surface area contributed by atoms with Crippen molar-refractivity contribution < 1.29 is 9.53 Å². The average molecular weight is 324 g/mol. The lowest BCUT2D eigenvalue weighted by molar-refractivity contribution is -0.130. The number of ether oxygens (including phenoxy) is 1. The first kappa shape index (κ1) is 13.1. The minimum Gasteiger partial charge on any atom is -0.381 e. The zero-order valence-corrected chi connectivity index (χ0v) is 12.4. The normalized spacial score (nSPS) is 24.8. The molecule has 1 saturated heterocycles. The summed E-state index contributed by atoms with van der Waals surface area (Å²) in [6, 6.07) is 8.23. The molecule has 1 heterocycles. The molecule has 0 aromatic heterocycles. The van der Waals surface area contributed by atoms with Gasteiger partial charge in [0.15, 0.2) is 0 Å². The van der Waals surface area contributed by atoms with Crippen molar-refractivity contribution in [3.63, 3.8) is 0 Å². The number of rotatable bonds is 3. The lowest BCUT2D eigenvalue weighted by Crippen LogP contribution is -2.41. The molecule has 1 N–H and O–H groups in total. The second-order valence-electron chi connectivity index (χ2n) is 5.50. The van der Waals surface area contributed by atoms with Gasteiger partial charge >= 0.3 is 0 Å². The van der Waals surface area contributed by atoms with E-state index in [4.69, 9.17) is 4.74 Å². The Bertz CT molecular complexity index is 479. The van der Waals surface area contributed by atoms with Gasteiger partial charge in [0, 0.05) is 11.1 Å². The quantitative estimate of drug-likeness (QED) is 0.928. The van der Waals surface area contributed by atoms with Crippen LogP contribution in [0.1, 0.15) is 31.2 Å². The summed E-state index contributed by atoms with van der Waals surface area (Å²) in [6.45, 7) is 1.36. The molecule has 1 aliphatic carbocycles. The van der Waals surface area contributed by atoms with Crippen LogP contribution in [0.5, 0.6) is 0 Å². The molecule has 1 amide bonds. The Kier molecular flexibility index (Phi) is 3.63. The van der Waals surface area contributed by atoms with E-state index in [1.807, 2.05) is 12.1 Å². The highest BCUT2D eigenvalue weighted by atomic mass is 79.9. The van der Waals surface area contributed by atoms with Gasteiger partial charge in [0.1, 0.15) is 0 Å². The van der Waals surface area contributed by atoms with Gasteiger partial charge in [0.05, 0.1) is 18.1 Å². The molecule has 2 aliphatic rings. The SMILES string of the molecule is O=C(NC1(c2cccc(Br)c2)CC1)[C@@H]1CCCOC1. The highest BCUT2D eigenvalue weighted by Crippen LogP contribution is 2.46. The molecule has 2 fully saturated rings. The largest absolute Gasteiger partial charge is 0.381 e. The van der Waals surface area contributed by atoms with Crippen LogP contribution in [0.2, 0.25) is 0 Å². The smallest absolute Gasteiger partial charge is 0.226 e. The van der Waals surface area contributed by atoms with Crippen molar-refractivity contribution in [1.82, 2.24) is 5.32 Å². The van der Waals surface area contributed by atoms with Crippen LogP contribution in [0.4, 0.5) is 0 Å². The van der Waals surface area contributed by atoms with Gasteiger partial charge in [-0.05, 0) is 43.4 Å². The Balaban J connectivity index is 1.70. The van der Waals surface area contributed by atoms with Gasteiger partial charge in [-0.2, -0.15) is 0 Å². The minimum atomic E-state index is -0.127. The first-order valence-corrected chi connectivity index (χ1v) is 7.65. The monoisotopic (exact) mass is 323 g/mol. The van der Waals surface area contributed by atoms with Crippen molar-refractivity contribution >= 4 is 21.8 Å². The number of amides is 1. The topological polar surface area (TPSA) is 38.3 Å². The Hall–Kier alpha value is -0.870. The number of hydrogen-bond acceptors (Lipinski definition) is 2. The van der Waals surface area contributed by atoms with Crippen LogP contribution >= 0.6 is 15.9 Å². The number of nitrogens with one attached hydrogen (secondary N) is 1. The number of carbonyl (C=O) groups excluding carboxylic acids is 1. The van der Waals surface area contributed by atoms with E-state index in [0.29, 0.717) is 6.61 Å². The van der Waals surface area contributed by atoms with Crippen LogP contribution in [0, 0.1) is 5.92 Å². The third-order valence-electron chi connectivity index (χ3n) is 4.02. The molecule has 102 valence electrons. The molecule has 3 rings (SSSR count). The van der Waals surface area contributed by atoms with Crippen molar-refractivity contribution in [2.24, 2.45) is 5.92 Å². The maximum absolute atomic E-state index is 12.3. The second-order valence-corrected chi connectivity index (χ2v) is 6.41. The molecular formula is C15H18BrNO2. The lowest BCUT2D eigenvalue weighted by atomic mass is 9.99. The Morgan fingerprint density at radius 3 is 2.89 bits per heavy atom. The van der Waals surface area contributed by atoms with Gasteiger partial charge in [-0.15, -0.1) is 0 Å². The fraction of sp³-hybridized carbons (Fsp3) is 0.533. The lowest BCUT2D eigenvalue weighted by Gasteiger charge is -2.25. The highest BCUT2D eigenvalue weighted by Gasteiger charge is 2.46. The first-order valence-electron chi connectivity index (χ1n) is 6.85. The molecule has 4 heteroatoms. The third-order valence-corrected chi connectivity index (χ3v) is 4.51. The summed E-state index contributed by atoms with van der Waals surface area (Å²) in [5, 5.41) is 3.24. The molecule has 0 bridgehead atoms. The Morgan fingerprint density at radius 2 is 2.26 bits per heavy atom. The summed E-state index contributed by atoms with van der Waals surface area (Å²) >= 11 is 3.49. The molecule has 0 unspecified atom stereocenters. The van der Waals surface area contributed by atoms with Gasteiger partial charge in [-0.3, -0.25) is 4.79 Å². The average Bonchev–Trinajstić information content (AvgIpc) is 3.21. The maximum atomic E-state index is 12.3. The van der Waals surface area contributed by atoms with Crippen LogP contribution in [0.25, 0.3) is 0 Å². The van der Waals surface area contributed by atoms with Gasteiger partial charge in [-0.25, -0.2) is 0 Å². The van der Waals surface area contributed by atoms with Crippen LogP contribution in [0.3, 0.4) is 0 Å². The van der Waals surface area contributed by atoms with Crippen molar-refractivity contribution in [1.29, 1.82) is 0 Å². The summed E-state index contributed by atoms with van der Waals surface area (Å²) in [7, 11) is 0. The van der Waals surface area contributed by atoms with Crippen molar-refractivity contribution in [2.75, 3.05) is 13.2 Å². The van der Waals surface area contributed by atoms with E-state index in [-0.39, 0.29) is 17.4 Å². The van der Waals surface area contributed by atoms with E-state index in [1.165, 1.54) is 5.56 Å². The fourth-order valence-electron chi connectivity index (χ4n) is 2.68. The van der Waals surface area contributed by atoms with E-state index in [0.717, 1.165) is 36.8 Å². The summed E-state index contributed by atoms with van der Waals surface area (Å²) in [6.07, 6.45) is 3.99. The highest BCUT2D eigenvalue weighted by molar-refractivity contribution is 9.10. The predicted molar refractivity (Wildman–Crippen MR) is 76.7 cm³/mol. The number of hydrogen-bond donors (Lipinski definition) is 1. The molecule has 1 aromatic carbocycles. The van der Waals surface area contributed by atoms with Gasteiger partial charge in [-0.1, -0.05) is 28.1 Å². The molecule has 1 aliphatic heterocycles. The standard InChI is InChI=1S/C15H18BrNO2/c16-13-5-1-4-12(9-13)15(6-7-15)17-14(18)11-3-2-8-19-10-11/h1,4-5,9,11H,2-3,6-8,10H2,(H,17,18)/t11-/m1/s1. The minimum absolute atomic E-state index is 0.0263. The first-order chi connectivity index (χ1) is 9.20. The van der Waals surface area contributed by atoms with Gasteiger partial charge < -0.3 is 10.1 Å². The molecule has 0 radical (unpaired) electrons. The maximum Gasteiger partial charge on any atom is 0.226 e. The molecule has 1 atom stereocenters. The van der Waals surface area contributed by atoms with Crippen molar-refractivity contribution in [3.05, 3.63) is 34.3 Å². The summed E-state index contributed by atoms with van der Waals surface area (Å²) in [4.78, 5) is 12.3. The van der Waals surface area contributed by atoms with E-state index < -0.39 is 0 Å². The summed E-state index contributed by atoms with van der Waals surface area (Å²) < 4.78 is 6.46. The van der Waals surface area contributed by atoms with Crippen molar-refractivity contribution in [2.45, 2.75) is 31.2 Å². The summed E-state index contributed by atoms with van der Waals surface area (Å²) in [5.41, 5.74) is 1.07. The zero-order valence-electron chi connectivity index (χ0n) is 10.8. The third kappa shape index (κ3) is 2.84. The molecule has 0 spiro atoms. The van der Waals surface area contributed by atoms with Gasteiger partial charge in [0.2, 0.25) is 5.91 Å². The number of benzene rings is 1. The Morgan fingerprint density at radius 1 is 1.42 bits per heavy atom. The second kappa shape index (κ2) is 5.25. The number of carbonyl (C=O) groups is 1. The molecule has 1 saturated carbocycles. The predicted octanol–water partition coefficient (Wildman–Crippen LogP) is 2.98. The number of halogens is 1. The van der Waals surface area contributed by atoms with Crippen LogP contribution in [0.15, 0.2) is 28.7 Å². The van der Waals surface area contributed by atoms with Crippen molar-refractivity contribution in [3.8, 4) is 0 Å². The Labute approximate surface area is 121 Å². The molecule has 1 aromatic rings. The molecular weight excluding hydrogens is 306 g/mol.